The minimum absolute atomic E-state index is 0.00278. The Kier molecular flexibility index (Phi) is 5.17. The third kappa shape index (κ3) is 4.00. The summed E-state index contributed by atoms with van der Waals surface area (Å²) in [6.45, 7) is -0.363. The number of amides is 3. The van der Waals surface area contributed by atoms with E-state index in [0.717, 1.165) is 16.3 Å². The highest BCUT2D eigenvalue weighted by molar-refractivity contribution is 6.15. The molecule has 1 saturated heterocycles. The lowest BCUT2D eigenvalue weighted by molar-refractivity contribution is -0.140. The molecular weight excluding hydrogens is 384 g/mol. The van der Waals surface area contributed by atoms with Gasteiger partial charge in [0, 0.05) is 5.56 Å². The second-order valence-electron chi connectivity index (χ2n) is 6.78. The van der Waals surface area contributed by atoms with Crippen molar-refractivity contribution in [3.63, 3.8) is 0 Å². The number of aliphatic carboxylic acids is 1. The van der Waals surface area contributed by atoms with Gasteiger partial charge in [-0.3, -0.25) is 9.59 Å². The van der Waals surface area contributed by atoms with E-state index in [4.69, 9.17) is 9.84 Å². The first-order chi connectivity index (χ1) is 14.5. The topological polar surface area (TPSA) is 95.9 Å². The van der Waals surface area contributed by atoms with Gasteiger partial charge >= 0.3 is 12.0 Å². The molecule has 4 rings (SSSR count). The normalized spacial score (nSPS) is 14.9. The van der Waals surface area contributed by atoms with Crippen molar-refractivity contribution < 1.29 is 24.2 Å². The van der Waals surface area contributed by atoms with E-state index in [1.165, 1.54) is 6.08 Å². The number of fused-ring (bicyclic) bond motifs is 1. The van der Waals surface area contributed by atoms with Crippen molar-refractivity contribution in [1.82, 2.24) is 10.2 Å². The highest BCUT2D eigenvalue weighted by Gasteiger charge is 2.35. The summed E-state index contributed by atoms with van der Waals surface area (Å²) in [4.78, 5) is 35.7. The van der Waals surface area contributed by atoms with E-state index in [1.54, 1.807) is 18.2 Å². The van der Waals surface area contributed by atoms with Crippen molar-refractivity contribution in [3.05, 3.63) is 83.6 Å². The number of benzene rings is 3. The molecule has 1 heterocycles. The zero-order valence-electron chi connectivity index (χ0n) is 15.9. The molecular formula is C23H18N2O5. The van der Waals surface area contributed by atoms with Gasteiger partial charge in [-0.2, -0.15) is 0 Å². The fourth-order valence-corrected chi connectivity index (χ4v) is 3.23. The first-order valence-electron chi connectivity index (χ1n) is 9.27. The molecule has 1 aliphatic rings. The molecule has 0 atom stereocenters. The molecule has 3 amide bonds. The van der Waals surface area contributed by atoms with E-state index >= 15 is 0 Å². The molecule has 0 unspecified atom stereocenters. The second-order valence-corrected chi connectivity index (χ2v) is 6.78. The summed E-state index contributed by atoms with van der Waals surface area (Å²) in [5.41, 5.74) is 1.59. The molecule has 0 saturated carbocycles. The number of carboxylic acids is 1. The van der Waals surface area contributed by atoms with Gasteiger partial charge in [-0.25, -0.2) is 9.69 Å². The lowest BCUT2D eigenvalue weighted by atomic mass is 10.1. The van der Waals surface area contributed by atoms with E-state index < -0.39 is 24.5 Å². The second kappa shape index (κ2) is 8.08. The Balaban J connectivity index is 1.54. The van der Waals surface area contributed by atoms with Crippen LogP contribution in [0.5, 0.6) is 5.75 Å². The Labute approximate surface area is 172 Å². The molecule has 0 aliphatic carbocycles. The molecule has 0 aromatic heterocycles. The van der Waals surface area contributed by atoms with E-state index in [-0.39, 0.29) is 5.70 Å². The number of hydrogen-bond acceptors (Lipinski definition) is 4. The first-order valence-corrected chi connectivity index (χ1v) is 9.27. The molecule has 1 aliphatic heterocycles. The van der Waals surface area contributed by atoms with Crippen molar-refractivity contribution in [2.75, 3.05) is 6.54 Å². The summed E-state index contributed by atoms with van der Waals surface area (Å²) >= 11 is 0. The fourth-order valence-electron chi connectivity index (χ4n) is 3.23. The van der Waals surface area contributed by atoms with Crippen molar-refractivity contribution >= 4 is 34.8 Å². The largest absolute Gasteiger partial charge is 0.488 e. The number of hydrogen-bond donors (Lipinski definition) is 2. The van der Waals surface area contributed by atoms with Crippen LogP contribution in [0.1, 0.15) is 11.1 Å². The highest BCUT2D eigenvalue weighted by atomic mass is 16.5. The predicted molar refractivity (Wildman–Crippen MR) is 111 cm³/mol. The molecule has 150 valence electrons. The van der Waals surface area contributed by atoms with Crippen LogP contribution in [0.15, 0.2) is 72.4 Å². The number of nitrogens with zero attached hydrogens (tertiary/aromatic N) is 1. The summed E-state index contributed by atoms with van der Waals surface area (Å²) in [6, 6.07) is 20.5. The molecule has 7 nitrogen and oxygen atoms in total. The summed E-state index contributed by atoms with van der Waals surface area (Å²) < 4.78 is 5.96. The van der Waals surface area contributed by atoms with Crippen LogP contribution in [0.25, 0.3) is 16.8 Å². The van der Waals surface area contributed by atoms with E-state index in [0.29, 0.717) is 22.8 Å². The number of carbonyl (C=O) groups excluding carboxylic acids is 2. The number of imide groups is 1. The number of para-hydroxylation sites is 1. The van der Waals surface area contributed by atoms with Crippen molar-refractivity contribution in [2.45, 2.75) is 6.61 Å². The maximum Gasteiger partial charge on any atom is 0.329 e. The molecule has 30 heavy (non-hydrogen) atoms. The molecule has 0 radical (unpaired) electrons. The van der Waals surface area contributed by atoms with Crippen molar-refractivity contribution in [3.8, 4) is 5.75 Å². The number of rotatable bonds is 6. The molecule has 3 aromatic rings. The summed E-state index contributed by atoms with van der Waals surface area (Å²) in [7, 11) is 0. The quantitative estimate of drug-likeness (QED) is 0.487. The average Bonchev–Trinajstić information content (AvgIpc) is 3.00. The fraction of sp³-hybridized carbons (Fsp3) is 0.0870. The Morgan fingerprint density at radius 3 is 2.53 bits per heavy atom. The number of carboxylic acid groups (broad SMARTS) is 1. The molecule has 2 N–H and O–H groups in total. The molecule has 3 aromatic carbocycles. The van der Waals surface area contributed by atoms with Gasteiger partial charge in [-0.15, -0.1) is 0 Å². The minimum Gasteiger partial charge on any atom is -0.488 e. The lowest BCUT2D eigenvalue weighted by Gasteiger charge is -2.10. The van der Waals surface area contributed by atoms with Crippen LogP contribution in [-0.4, -0.2) is 34.5 Å². The van der Waals surface area contributed by atoms with Gasteiger partial charge in [-0.05, 0) is 34.5 Å². The third-order valence-corrected chi connectivity index (χ3v) is 4.68. The van der Waals surface area contributed by atoms with Crippen molar-refractivity contribution in [1.29, 1.82) is 0 Å². The van der Waals surface area contributed by atoms with Gasteiger partial charge in [0.2, 0.25) is 0 Å². The summed E-state index contributed by atoms with van der Waals surface area (Å²) in [6.07, 6.45) is 1.48. The highest BCUT2D eigenvalue weighted by Crippen LogP contribution is 2.24. The summed E-state index contributed by atoms with van der Waals surface area (Å²) in [5.74, 6) is -1.41. The summed E-state index contributed by atoms with van der Waals surface area (Å²) in [5, 5.41) is 13.5. The standard InChI is InChI=1S/C23H18N2O5/c26-21(27)13-25-22(28)19(24-23(25)29)12-18-7-3-4-8-20(18)30-14-15-9-10-16-5-1-2-6-17(16)11-15/h1-12H,13-14H2,(H,24,29)(H,26,27)/b19-12+. The Bertz CT molecular complexity index is 1180. The van der Waals surface area contributed by atoms with Crippen LogP contribution in [-0.2, 0) is 16.2 Å². The van der Waals surface area contributed by atoms with E-state index in [9.17, 15) is 14.4 Å². The Morgan fingerprint density at radius 2 is 1.73 bits per heavy atom. The molecule has 7 heteroatoms. The zero-order chi connectivity index (χ0) is 21.1. The average molecular weight is 402 g/mol. The minimum atomic E-state index is -1.26. The van der Waals surface area contributed by atoms with Crippen LogP contribution in [0, 0.1) is 0 Å². The van der Waals surface area contributed by atoms with Crippen LogP contribution in [0.4, 0.5) is 4.79 Å². The predicted octanol–water partition coefficient (Wildman–Crippen LogP) is 3.40. The van der Waals surface area contributed by atoms with Crippen LogP contribution in [0.3, 0.4) is 0 Å². The first kappa shape index (κ1) is 19.2. The van der Waals surface area contributed by atoms with Crippen LogP contribution in [0.2, 0.25) is 0 Å². The van der Waals surface area contributed by atoms with Gasteiger partial charge in [0.25, 0.3) is 5.91 Å². The third-order valence-electron chi connectivity index (χ3n) is 4.68. The van der Waals surface area contributed by atoms with Gasteiger partial charge in [0.15, 0.2) is 0 Å². The number of ether oxygens (including phenoxy) is 1. The Hall–Kier alpha value is -4.13. The molecule has 0 bridgehead atoms. The lowest BCUT2D eigenvalue weighted by Crippen LogP contribution is -2.35. The van der Waals surface area contributed by atoms with Gasteiger partial charge in [0.05, 0.1) is 0 Å². The number of carbonyl (C=O) groups is 3. The SMILES string of the molecule is O=C(O)CN1C(=O)N/C(=C/c2ccccc2OCc2ccc3ccccc3c2)C1=O. The van der Waals surface area contributed by atoms with Crippen LogP contribution >= 0.6 is 0 Å². The van der Waals surface area contributed by atoms with E-state index in [2.05, 4.69) is 11.4 Å². The number of nitrogens with one attached hydrogen (secondary N) is 1. The molecule has 0 spiro atoms. The van der Waals surface area contributed by atoms with Gasteiger partial charge in [-0.1, -0.05) is 54.6 Å². The number of urea groups is 1. The maximum atomic E-state index is 12.3. The Morgan fingerprint density at radius 1 is 1.00 bits per heavy atom. The monoisotopic (exact) mass is 402 g/mol. The molecule has 1 fully saturated rings. The van der Waals surface area contributed by atoms with Crippen molar-refractivity contribution in [2.24, 2.45) is 0 Å². The van der Waals surface area contributed by atoms with Gasteiger partial charge < -0.3 is 15.2 Å². The van der Waals surface area contributed by atoms with E-state index in [1.807, 2.05) is 42.5 Å². The van der Waals surface area contributed by atoms with Crippen LogP contribution < -0.4 is 10.1 Å². The smallest absolute Gasteiger partial charge is 0.329 e. The maximum absolute atomic E-state index is 12.3. The zero-order valence-corrected chi connectivity index (χ0v) is 15.9. The van der Waals surface area contributed by atoms with Gasteiger partial charge in [0.1, 0.15) is 24.6 Å².